The van der Waals surface area contributed by atoms with Crippen molar-refractivity contribution >= 4 is 5.91 Å². The molecule has 0 unspecified atom stereocenters. The van der Waals surface area contributed by atoms with Crippen molar-refractivity contribution in [3.05, 3.63) is 59.1 Å². The number of hydrogen-bond donors (Lipinski definition) is 2. The first-order valence-electron chi connectivity index (χ1n) is 6.96. The van der Waals surface area contributed by atoms with Crippen LogP contribution in [0.25, 0.3) is 11.3 Å². The van der Waals surface area contributed by atoms with Crippen LogP contribution < -0.4 is 5.32 Å². The van der Waals surface area contributed by atoms with Gasteiger partial charge in [-0.3, -0.25) is 9.89 Å². The standard InChI is InChI=1S/C16H16N4O2/c1-10-13(11(2)22-20-10)9-17-16(21)15-8-14(18-19-15)12-6-4-3-5-7-12/h3-8H,9H2,1-2H3,(H,17,21)(H,18,19). The van der Waals surface area contributed by atoms with Gasteiger partial charge in [0.05, 0.1) is 11.4 Å². The van der Waals surface area contributed by atoms with Crippen LogP contribution in [0.4, 0.5) is 0 Å². The number of aromatic amines is 1. The van der Waals surface area contributed by atoms with Crippen LogP contribution in [-0.4, -0.2) is 21.3 Å². The Labute approximate surface area is 127 Å². The monoisotopic (exact) mass is 296 g/mol. The summed E-state index contributed by atoms with van der Waals surface area (Å²) in [7, 11) is 0. The number of hydrogen-bond acceptors (Lipinski definition) is 4. The lowest BCUT2D eigenvalue weighted by molar-refractivity contribution is 0.0946. The third-order valence-electron chi connectivity index (χ3n) is 3.50. The van der Waals surface area contributed by atoms with Gasteiger partial charge in [-0.25, -0.2) is 0 Å². The van der Waals surface area contributed by atoms with E-state index in [-0.39, 0.29) is 5.91 Å². The summed E-state index contributed by atoms with van der Waals surface area (Å²) in [6, 6.07) is 11.4. The first-order valence-corrected chi connectivity index (χ1v) is 6.96. The Morgan fingerprint density at radius 2 is 2.05 bits per heavy atom. The summed E-state index contributed by atoms with van der Waals surface area (Å²) in [5.74, 6) is 0.502. The fraction of sp³-hybridized carbons (Fsp3) is 0.188. The lowest BCUT2D eigenvalue weighted by Crippen LogP contribution is -2.23. The van der Waals surface area contributed by atoms with Crippen LogP contribution in [-0.2, 0) is 6.54 Å². The number of rotatable bonds is 4. The van der Waals surface area contributed by atoms with E-state index in [1.807, 2.05) is 44.2 Å². The molecule has 0 aliphatic heterocycles. The third-order valence-corrected chi connectivity index (χ3v) is 3.50. The van der Waals surface area contributed by atoms with E-state index in [0.29, 0.717) is 18.0 Å². The maximum atomic E-state index is 12.2. The number of carbonyl (C=O) groups is 1. The molecule has 0 aliphatic carbocycles. The van der Waals surface area contributed by atoms with Crippen molar-refractivity contribution in [1.82, 2.24) is 20.7 Å². The summed E-state index contributed by atoms with van der Waals surface area (Å²) in [6.07, 6.45) is 0. The van der Waals surface area contributed by atoms with Gasteiger partial charge in [0.15, 0.2) is 0 Å². The van der Waals surface area contributed by atoms with Gasteiger partial charge in [-0.1, -0.05) is 35.5 Å². The maximum absolute atomic E-state index is 12.2. The molecule has 0 saturated carbocycles. The lowest BCUT2D eigenvalue weighted by atomic mass is 10.1. The SMILES string of the molecule is Cc1noc(C)c1CNC(=O)c1cc(-c2ccccc2)n[nH]1. The molecule has 0 atom stereocenters. The van der Waals surface area contributed by atoms with Gasteiger partial charge < -0.3 is 9.84 Å². The molecule has 6 heteroatoms. The summed E-state index contributed by atoms with van der Waals surface area (Å²) in [5, 5.41) is 13.6. The Kier molecular flexibility index (Phi) is 3.74. The lowest BCUT2D eigenvalue weighted by Gasteiger charge is -2.02. The minimum atomic E-state index is -0.213. The molecule has 22 heavy (non-hydrogen) atoms. The highest BCUT2D eigenvalue weighted by atomic mass is 16.5. The van der Waals surface area contributed by atoms with Crippen LogP contribution in [0, 0.1) is 13.8 Å². The average Bonchev–Trinajstić information content (AvgIpc) is 3.14. The summed E-state index contributed by atoms with van der Waals surface area (Å²) in [4.78, 5) is 12.2. The second-order valence-corrected chi connectivity index (χ2v) is 5.02. The Bertz CT molecular complexity index is 770. The zero-order valence-corrected chi connectivity index (χ0v) is 12.4. The van der Waals surface area contributed by atoms with E-state index in [2.05, 4.69) is 20.7 Å². The van der Waals surface area contributed by atoms with Crippen molar-refractivity contribution in [2.75, 3.05) is 0 Å². The Morgan fingerprint density at radius 1 is 1.27 bits per heavy atom. The number of nitrogens with zero attached hydrogens (tertiary/aromatic N) is 2. The van der Waals surface area contributed by atoms with E-state index in [4.69, 9.17) is 4.52 Å². The molecule has 0 spiro atoms. The average molecular weight is 296 g/mol. The molecule has 0 bridgehead atoms. The van der Waals surface area contributed by atoms with E-state index in [0.717, 1.165) is 22.5 Å². The van der Waals surface area contributed by atoms with Gasteiger partial charge >= 0.3 is 0 Å². The minimum absolute atomic E-state index is 0.213. The maximum Gasteiger partial charge on any atom is 0.269 e. The molecule has 2 aromatic heterocycles. The van der Waals surface area contributed by atoms with Crippen LogP contribution in [0.2, 0.25) is 0 Å². The highest BCUT2D eigenvalue weighted by molar-refractivity contribution is 5.93. The highest BCUT2D eigenvalue weighted by Crippen LogP contribution is 2.17. The van der Waals surface area contributed by atoms with Gasteiger partial charge in [0.1, 0.15) is 11.5 Å². The molecular weight excluding hydrogens is 280 g/mol. The number of amides is 1. The molecule has 0 aliphatic rings. The Hall–Kier alpha value is -2.89. The summed E-state index contributed by atoms with van der Waals surface area (Å²) in [5.41, 5.74) is 3.81. The van der Waals surface area contributed by atoms with Gasteiger partial charge in [-0.15, -0.1) is 0 Å². The summed E-state index contributed by atoms with van der Waals surface area (Å²) in [6.45, 7) is 4.05. The van der Waals surface area contributed by atoms with Crippen molar-refractivity contribution in [3.8, 4) is 11.3 Å². The highest BCUT2D eigenvalue weighted by Gasteiger charge is 2.13. The van der Waals surface area contributed by atoms with E-state index in [9.17, 15) is 4.79 Å². The molecule has 3 aromatic rings. The molecule has 1 aromatic carbocycles. The fourth-order valence-electron chi connectivity index (χ4n) is 2.21. The zero-order chi connectivity index (χ0) is 15.5. The molecule has 0 fully saturated rings. The van der Waals surface area contributed by atoms with Crippen molar-refractivity contribution in [1.29, 1.82) is 0 Å². The predicted molar refractivity (Wildman–Crippen MR) is 81.2 cm³/mol. The van der Waals surface area contributed by atoms with E-state index >= 15 is 0 Å². The van der Waals surface area contributed by atoms with Gasteiger partial charge in [0, 0.05) is 17.7 Å². The fourth-order valence-corrected chi connectivity index (χ4v) is 2.21. The predicted octanol–water partition coefficient (Wildman–Crippen LogP) is 2.61. The second kappa shape index (κ2) is 5.85. The summed E-state index contributed by atoms with van der Waals surface area (Å²) >= 11 is 0. The third kappa shape index (κ3) is 2.76. The van der Waals surface area contributed by atoms with Gasteiger partial charge in [-0.05, 0) is 19.9 Å². The van der Waals surface area contributed by atoms with Crippen LogP contribution in [0.3, 0.4) is 0 Å². The van der Waals surface area contributed by atoms with Crippen molar-refractivity contribution in [2.24, 2.45) is 0 Å². The van der Waals surface area contributed by atoms with E-state index in [1.54, 1.807) is 6.07 Å². The number of benzene rings is 1. The molecule has 112 valence electrons. The van der Waals surface area contributed by atoms with Gasteiger partial charge in [0.25, 0.3) is 5.91 Å². The summed E-state index contributed by atoms with van der Waals surface area (Å²) < 4.78 is 5.07. The number of aromatic nitrogens is 3. The number of H-pyrrole nitrogens is 1. The van der Waals surface area contributed by atoms with Crippen LogP contribution >= 0.6 is 0 Å². The van der Waals surface area contributed by atoms with Crippen molar-refractivity contribution in [3.63, 3.8) is 0 Å². The Balaban J connectivity index is 1.70. The minimum Gasteiger partial charge on any atom is -0.361 e. The molecule has 1 amide bonds. The van der Waals surface area contributed by atoms with Crippen LogP contribution in [0.1, 0.15) is 27.5 Å². The topological polar surface area (TPSA) is 83.8 Å². The van der Waals surface area contributed by atoms with Crippen LogP contribution in [0.5, 0.6) is 0 Å². The molecule has 2 N–H and O–H groups in total. The van der Waals surface area contributed by atoms with Crippen molar-refractivity contribution < 1.29 is 9.32 Å². The van der Waals surface area contributed by atoms with E-state index in [1.165, 1.54) is 0 Å². The first-order chi connectivity index (χ1) is 10.6. The van der Waals surface area contributed by atoms with Gasteiger partial charge in [0.2, 0.25) is 0 Å². The van der Waals surface area contributed by atoms with Crippen LogP contribution in [0.15, 0.2) is 40.9 Å². The second-order valence-electron chi connectivity index (χ2n) is 5.02. The number of carbonyl (C=O) groups excluding carboxylic acids is 1. The molecule has 0 radical (unpaired) electrons. The number of nitrogens with one attached hydrogen (secondary N) is 2. The largest absolute Gasteiger partial charge is 0.361 e. The van der Waals surface area contributed by atoms with E-state index < -0.39 is 0 Å². The van der Waals surface area contributed by atoms with Crippen molar-refractivity contribution in [2.45, 2.75) is 20.4 Å². The zero-order valence-electron chi connectivity index (χ0n) is 12.4. The number of aryl methyl sites for hydroxylation is 2. The molecule has 2 heterocycles. The molecule has 6 nitrogen and oxygen atoms in total. The normalized spacial score (nSPS) is 10.6. The molecule has 3 rings (SSSR count). The van der Waals surface area contributed by atoms with Gasteiger partial charge in [-0.2, -0.15) is 5.10 Å². The Morgan fingerprint density at radius 3 is 2.73 bits per heavy atom. The first kappa shape index (κ1) is 14.1. The molecule has 0 saturated heterocycles. The quantitative estimate of drug-likeness (QED) is 0.775. The smallest absolute Gasteiger partial charge is 0.269 e. The molecular formula is C16H16N4O2.